The topological polar surface area (TPSA) is 98.1 Å². The van der Waals surface area contributed by atoms with Crippen molar-refractivity contribution in [1.29, 1.82) is 0 Å². The number of aryl methyl sites for hydroxylation is 1. The molecular formula is C23H33N5O3S2. The molecule has 2 heterocycles. The summed E-state index contributed by atoms with van der Waals surface area (Å²) in [6.07, 6.45) is 5.21. The van der Waals surface area contributed by atoms with Crippen LogP contribution in [0.15, 0.2) is 23.9 Å². The summed E-state index contributed by atoms with van der Waals surface area (Å²) in [6, 6.07) is 1.72. The maximum absolute atomic E-state index is 12.2. The van der Waals surface area contributed by atoms with E-state index in [-0.39, 0.29) is 5.75 Å². The first kappa shape index (κ1) is 25.5. The van der Waals surface area contributed by atoms with Gasteiger partial charge in [-0.1, -0.05) is 38.6 Å². The molecule has 2 aromatic rings. The monoisotopic (exact) mass is 491 g/mol. The Labute approximate surface area is 203 Å². The Hall–Kier alpha value is -2.17. The Morgan fingerprint density at radius 1 is 1.39 bits per heavy atom. The summed E-state index contributed by atoms with van der Waals surface area (Å²) in [5.41, 5.74) is 1.72. The fourth-order valence-corrected chi connectivity index (χ4v) is 5.80. The van der Waals surface area contributed by atoms with Crippen LogP contribution in [0, 0.1) is 11.3 Å². The molecule has 0 spiro atoms. The molecule has 0 aliphatic heterocycles. The molecule has 0 aromatic carbocycles. The van der Waals surface area contributed by atoms with E-state index >= 15 is 0 Å². The number of hydrogen-bond donors (Lipinski definition) is 2. The first-order valence-electron chi connectivity index (χ1n) is 11.1. The van der Waals surface area contributed by atoms with E-state index in [4.69, 9.17) is 4.74 Å². The SMILES string of the molecule is C=CCn1c(SCC(=O)NC(=O)NCCOC)nnc1-c1cc2c(s1)CC[C@H](C(C)(C)C)C2. The number of carbonyl (C=O) groups is 2. The zero-order chi connectivity index (χ0) is 24.0. The zero-order valence-electron chi connectivity index (χ0n) is 19.8. The standard InChI is InChI=1S/C23H33N5O3S2/c1-6-10-28-20(18-13-15-12-16(23(2,3)4)7-8-17(15)33-18)26-27-22(28)32-14-19(29)25-21(30)24-9-11-31-5/h6,13,16H,1,7-12,14H2,2-5H3,(H2,24,25,29,30)/t16-/m0/s1. The summed E-state index contributed by atoms with van der Waals surface area (Å²) in [7, 11) is 1.54. The van der Waals surface area contributed by atoms with Crippen LogP contribution in [0.4, 0.5) is 4.79 Å². The molecule has 0 fully saturated rings. The lowest BCUT2D eigenvalue weighted by molar-refractivity contribution is -0.117. The molecule has 0 saturated carbocycles. The average molecular weight is 492 g/mol. The van der Waals surface area contributed by atoms with E-state index in [0.29, 0.717) is 36.2 Å². The number of amides is 3. The van der Waals surface area contributed by atoms with E-state index in [1.807, 2.05) is 4.57 Å². The van der Waals surface area contributed by atoms with E-state index in [9.17, 15) is 9.59 Å². The number of rotatable bonds is 9. The highest BCUT2D eigenvalue weighted by Crippen LogP contribution is 2.42. The minimum Gasteiger partial charge on any atom is -0.383 e. The van der Waals surface area contributed by atoms with Crippen LogP contribution in [0.1, 0.15) is 37.6 Å². The van der Waals surface area contributed by atoms with Gasteiger partial charge in [0, 0.05) is 25.1 Å². The summed E-state index contributed by atoms with van der Waals surface area (Å²) in [5, 5.41) is 14.2. The lowest BCUT2D eigenvalue weighted by atomic mass is 9.72. The van der Waals surface area contributed by atoms with Crippen molar-refractivity contribution in [3.05, 3.63) is 29.2 Å². The predicted octanol–water partition coefficient (Wildman–Crippen LogP) is 3.91. The van der Waals surface area contributed by atoms with Crippen molar-refractivity contribution in [2.75, 3.05) is 26.0 Å². The van der Waals surface area contributed by atoms with Crippen molar-refractivity contribution >= 4 is 35.0 Å². The molecule has 0 radical (unpaired) electrons. The third kappa shape index (κ3) is 6.68. The van der Waals surface area contributed by atoms with Gasteiger partial charge in [0.2, 0.25) is 5.91 Å². The van der Waals surface area contributed by atoms with Gasteiger partial charge < -0.3 is 10.1 Å². The molecule has 2 aromatic heterocycles. The second-order valence-corrected chi connectivity index (χ2v) is 11.2. The van der Waals surface area contributed by atoms with Crippen LogP contribution in [0.3, 0.4) is 0 Å². The van der Waals surface area contributed by atoms with Gasteiger partial charge in [-0.3, -0.25) is 14.7 Å². The minimum atomic E-state index is -0.538. The molecule has 0 saturated heterocycles. The number of allylic oxidation sites excluding steroid dienone is 1. The van der Waals surface area contributed by atoms with Crippen molar-refractivity contribution in [2.24, 2.45) is 11.3 Å². The maximum Gasteiger partial charge on any atom is 0.321 e. The van der Waals surface area contributed by atoms with Crippen LogP contribution >= 0.6 is 23.1 Å². The van der Waals surface area contributed by atoms with Gasteiger partial charge in [-0.05, 0) is 42.2 Å². The third-order valence-corrected chi connectivity index (χ3v) is 7.93. The Bertz CT molecular complexity index is 993. The van der Waals surface area contributed by atoms with Crippen LogP contribution in [-0.2, 0) is 28.9 Å². The number of thioether (sulfide) groups is 1. The highest BCUT2D eigenvalue weighted by molar-refractivity contribution is 7.99. The smallest absolute Gasteiger partial charge is 0.321 e. The lowest BCUT2D eigenvalue weighted by Gasteiger charge is -2.33. The maximum atomic E-state index is 12.2. The van der Waals surface area contributed by atoms with Crippen LogP contribution < -0.4 is 10.6 Å². The molecule has 3 amide bonds. The molecule has 180 valence electrons. The van der Waals surface area contributed by atoms with Gasteiger partial charge in [0.05, 0.1) is 17.2 Å². The normalized spacial score (nSPS) is 15.7. The number of methoxy groups -OCH3 is 1. The average Bonchev–Trinajstić information content (AvgIpc) is 3.35. The number of thiophene rings is 1. The summed E-state index contributed by atoms with van der Waals surface area (Å²) in [4.78, 5) is 26.4. The third-order valence-electron chi connectivity index (χ3n) is 5.73. The quantitative estimate of drug-likeness (QED) is 0.314. The predicted molar refractivity (Wildman–Crippen MR) is 133 cm³/mol. The van der Waals surface area contributed by atoms with Crippen LogP contribution in [0.25, 0.3) is 10.7 Å². The zero-order valence-corrected chi connectivity index (χ0v) is 21.4. The molecule has 2 N–H and O–H groups in total. The molecule has 0 bridgehead atoms. The van der Waals surface area contributed by atoms with E-state index in [1.165, 1.54) is 28.6 Å². The van der Waals surface area contributed by atoms with Crippen molar-refractivity contribution in [1.82, 2.24) is 25.4 Å². The van der Waals surface area contributed by atoms with Gasteiger partial charge >= 0.3 is 6.03 Å². The largest absolute Gasteiger partial charge is 0.383 e. The van der Waals surface area contributed by atoms with Gasteiger partial charge in [0.1, 0.15) is 0 Å². The summed E-state index contributed by atoms with van der Waals surface area (Å²) in [6.45, 7) is 12.1. The van der Waals surface area contributed by atoms with Crippen LogP contribution in [0.5, 0.6) is 0 Å². The Balaban J connectivity index is 1.68. The second kappa shape index (κ2) is 11.3. The van der Waals surface area contributed by atoms with E-state index in [2.05, 4.69) is 54.2 Å². The van der Waals surface area contributed by atoms with Crippen LogP contribution in [-0.4, -0.2) is 52.7 Å². The van der Waals surface area contributed by atoms with Crippen molar-refractivity contribution < 1.29 is 14.3 Å². The molecule has 0 unspecified atom stereocenters. The van der Waals surface area contributed by atoms with Crippen molar-refractivity contribution in [3.8, 4) is 10.7 Å². The number of carbonyl (C=O) groups excluding carboxylic acids is 2. The summed E-state index contributed by atoms with van der Waals surface area (Å²) >= 11 is 3.04. The van der Waals surface area contributed by atoms with Crippen LogP contribution in [0.2, 0.25) is 0 Å². The summed E-state index contributed by atoms with van der Waals surface area (Å²) in [5.74, 6) is 1.13. The fourth-order valence-electron chi connectivity index (χ4n) is 3.85. The van der Waals surface area contributed by atoms with Crippen molar-refractivity contribution in [3.63, 3.8) is 0 Å². The first-order valence-corrected chi connectivity index (χ1v) is 12.9. The van der Waals surface area contributed by atoms with Gasteiger partial charge in [-0.15, -0.1) is 28.1 Å². The van der Waals surface area contributed by atoms with Gasteiger partial charge in [0.15, 0.2) is 11.0 Å². The Morgan fingerprint density at radius 3 is 2.88 bits per heavy atom. The van der Waals surface area contributed by atoms with E-state index < -0.39 is 11.9 Å². The highest BCUT2D eigenvalue weighted by atomic mass is 32.2. The molecule has 33 heavy (non-hydrogen) atoms. The van der Waals surface area contributed by atoms with Gasteiger partial charge in [-0.2, -0.15) is 0 Å². The number of imide groups is 1. The summed E-state index contributed by atoms with van der Waals surface area (Å²) < 4.78 is 6.84. The number of fused-ring (bicyclic) bond motifs is 1. The fraction of sp³-hybridized carbons (Fsp3) is 0.565. The number of hydrogen-bond acceptors (Lipinski definition) is 7. The van der Waals surface area contributed by atoms with Gasteiger partial charge in [-0.25, -0.2) is 4.79 Å². The number of urea groups is 1. The van der Waals surface area contributed by atoms with E-state index in [1.54, 1.807) is 24.5 Å². The number of aromatic nitrogens is 3. The minimum absolute atomic E-state index is 0.0567. The molecule has 1 aliphatic carbocycles. The molecule has 3 rings (SSSR count). The second-order valence-electron chi connectivity index (χ2n) is 9.16. The lowest BCUT2D eigenvalue weighted by Crippen LogP contribution is -2.41. The van der Waals surface area contributed by atoms with Gasteiger partial charge in [0.25, 0.3) is 0 Å². The molecular weight excluding hydrogens is 458 g/mol. The Kier molecular flexibility index (Phi) is 8.72. The van der Waals surface area contributed by atoms with E-state index in [0.717, 1.165) is 23.5 Å². The molecule has 1 atom stereocenters. The van der Waals surface area contributed by atoms with Crippen molar-refractivity contribution in [2.45, 2.75) is 51.7 Å². The number of nitrogens with one attached hydrogen (secondary N) is 2. The molecule has 1 aliphatic rings. The first-order chi connectivity index (χ1) is 15.7. The number of ether oxygens (including phenoxy) is 1. The Morgan fingerprint density at radius 2 is 2.18 bits per heavy atom. The molecule has 10 heteroatoms. The molecule has 8 nitrogen and oxygen atoms in total. The highest BCUT2D eigenvalue weighted by Gasteiger charge is 2.30. The number of nitrogens with zero attached hydrogens (tertiary/aromatic N) is 3.